The number of nitrogens with zero attached hydrogens (tertiary/aromatic N) is 2. The fourth-order valence-electron chi connectivity index (χ4n) is 1.76. The molecule has 0 aliphatic rings. The van der Waals surface area contributed by atoms with Crippen molar-refractivity contribution in [1.82, 2.24) is 9.78 Å². The second kappa shape index (κ2) is 5.40. The summed E-state index contributed by atoms with van der Waals surface area (Å²) in [5.41, 5.74) is 0.618. The van der Waals surface area contributed by atoms with Crippen LogP contribution in [0.5, 0.6) is 5.75 Å². The molecule has 4 nitrogen and oxygen atoms in total. The maximum absolute atomic E-state index is 13.1. The number of carbonyl (C=O) groups is 1. The minimum Gasteiger partial charge on any atom is -0.493 e. The van der Waals surface area contributed by atoms with Crippen molar-refractivity contribution in [2.24, 2.45) is 0 Å². The van der Waals surface area contributed by atoms with Gasteiger partial charge in [0.2, 0.25) is 5.78 Å². The van der Waals surface area contributed by atoms with E-state index in [2.05, 4.69) is 5.10 Å². The molecule has 100 valence electrons. The van der Waals surface area contributed by atoms with Crippen LogP contribution in [0.15, 0.2) is 24.4 Å². The summed E-state index contributed by atoms with van der Waals surface area (Å²) in [5.74, 6) is -0.487. The molecular weight excluding hydrogens is 271 g/mol. The van der Waals surface area contributed by atoms with Gasteiger partial charge < -0.3 is 4.74 Å². The standard InChI is InChI=1S/C13H12ClFN2O2/c1-3-17-12(11(19-2)7-16-17)13(18)8-4-5-10(15)9(14)6-8/h4-7H,3H2,1-2H3. The van der Waals surface area contributed by atoms with Crippen LogP contribution in [0, 0.1) is 5.82 Å². The maximum atomic E-state index is 13.1. The van der Waals surface area contributed by atoms with E-state index >= 15 is 0 Å². The topological polar surface area (TPSA) is 44.1 Å². The molecule has 0 fully saturated rings. The molecule has 0 bridgehead atoms. The summed E-state index contributed by atoms with van der Waals surface area (Å²) in [6, 6.07) is 3.84. The normalized spacial score (nSPS) is 10.5. The van der Waals surface area contributed by atoms with Crippen LogP contribution in [0.25, 0.3) is 0 Å². The number of benzene rings is 1. The van der Waals surface area contributed by atoms with E-state index in [9.17, 15) is 9.18 Å². The summed E-state index contributed by atoms with van der Waals surface area (Å²) in [4.78, 5) is 12.4. The van der Waals surface area contributed by atoms with Crippen molar-refractivity contribution in [3.05, 3.63) is 46.5 Å². The minimum atomic E-state index is -0.561. The van der Waals surface area contributed by atoms with Gasteiger partial charge in [-0.25, -0.2) is 4.39 Å². The molecule has 6 heteroatoms. The number of ether oxygens (including phenoxy) is 1. The van der Waals surface area contributed by atoms with E-state index in [1.807, 2.05) is 6.92 Å². The monoisotopic (exact) mass is 282 g/mol. The number of aromatic nitrogens is 2. The van der Waals surface area contributed by atoms with Crippen molar-refractivity contribution < 1.29 is 13.9 Å². The van der Waals surface area contributed by atoms with Crippen molar-refractivity contribution in [3.63, 3.8) is 0 Å². The molecule has 0 amide bonds. The van der Waals surface area contributed by atoms with Gasteiger partial charge in [0.15, 0.2) is 11.4 Å². The van der Waals surface area contributed by atoms with Gasteiger partial charge in [-0.05, 0) is 25.1 Å². The molecule has 0 saturated heterocycles. The Hall–Kier alpha value is -1.88. The summed E-state index contributed by atoms with van der Waals surface area (Å²) in [5, 5.41) is 3.97. The Labute approximate surface area is 114 Å². The van der Waals surface area contributed by atoms with Crippen molar-refractivity contribution >= 4 is 17.4 Å². The van der Waals surface area contributed by atoms with E-state index < -0.39 is 5.82 Å². The fraction of sp³-hybridized carbons (Fsp3) is 0.231. The molecule has 0 atom stereocenters. The van der Waals surface area contributed by atoms with Gasteiger partial charge in [-0.3, -0.25) is 9.48 Å². The lowest BCUT2D eigenvalue weighted by Crippen LogP contribution is -2.11. The highest BCUT2D eigenvalue weighted by Gasteiger charge is 2.21. The average Bonchev–Trinajstić information content (AvgIpc) is 2.83. The summed E-state index contributed by atoms with van der Waals surface area (Å²) in [7, 11) is 1.46. The first-order chi connectivity index (χ1) is 9.08. The fourth-order valence-corrected chi connectivity index (χ4v) is 1.94. The molecule has 0 radical (unpaired) electrons. The molecule has 0 unspecified atom stereocenters. The number of hydrogen-bond donors (Lipinski definition) is 0. The lowest BCUT2D eigenvalue weighted by Gasteiger charge is -2.07. The highest BCUT2D eigenvalue weighted by molar-refractivity contribution is 6.31. The molecule has 0 saturated carbocycles. The maximum Gasteiger partial charge on any atom is 0.214 e. The van der Waals surface area contributed by atoms with Gasteiger partial charge >= 0.3 is 0 Å². The van der Waals surface area contributed by atoms with Crippen molar-refractivity contribution in [2.45, 2.75) is 13.5 Å². The molecule has 1 aromatic heterocycles. The first-order valence-electron chi connectivity index (χ1n) is 5.68. The third-order valence-electron chi connectivity index (χ3n) is 2.72. The Morgan fingerprint density at radius 1 is 1.53 bits per heavy atom. The van der Waals surface area contributed by atoms with Gasteiger partial charge in [-0.2, -0.15) is 5.10 Å². The summed E-state index contributed by atoms with van der Waals surface area (Å²) >= 11 is 5.69. The highest BCUT2D eigenvalue weighted by Crippen LogP contribution is 2.23. The highest BCUT2D eigenvalue weighted by atomic mass is 35.5. The number of methoxy groups -OCH3 is 1. The van der Waals surface area contributed by atoms with Crippen molar-refractivity contribution in [1.29, 1.82) is 0 Å². The van der Waals surface area contributed by atoms with Crippen molar-refractivity contribution in [3.8, 4) is 5.75 Å². The molecule has 19 heavy (non-hydrogen) atoms. The molecule has 2 rings (SSSR count). The van der Waals surface area contributed by atoms with E-state index in [4.69, 9.17) is 16.3 Å². The van der Waals surface area contributed by atoms with Crippen molar-refractivity contribution in [2.75, 3.05) is 7.11 Å². The Morgan fingerprint density at radius 2 is 2.26 bits per heavy atom. The van der Waals surface area contributed by atoms with Crippen LogP contribution in [0.2, 0.25) is 5.02 Å². The first-order valence-corrected chi connectivity index (χ1v) is 6.05. The van der Waals surface area contributed by atoms with E-state index in [0.29, 0.717) is 23.6 Å². The Kier molecular flexibility index (Phi) is 3.85. The zero-order chi connectivity index (χ0) is 14.0. The van der Waals surface area contributed by atoms with Crippen LogP contribution >= 0.6 is 11.6 Å². The summed E-state index contributed by atoms with van der Waals surface area (Å²) in [6.07, 6.45) is 1.47. The quantitative estimate of drug-likeness (QED) is 0.810. The summed E-state index contributed by atoms with van der Waals surface area (Å²) in [6.45, 7) is 2.39. The molecule has 1 heterocycles. The molecule has 0 aliphatic heterocycles. The van der Waals surface area contributed by atoms with Gasteiger partial charge in [-0.1, -0.05) is 11.6 Å². The first kappa shape index (κ1) is 13.5. The lowest BCUT2D eigenvalue weighted by molar-refractivity contribution is 0.102. The largest absolute Gasteiger partial charge is 0.493 e. The zero-order valence-electron chi connectivity index (χ0n) is 10.5. The predicted molar refractivity (Wildman–Crippen MR) is 69.3 cm³/mol. The van der Waals surface area contributed by atoms with Crippen LogP contribution in [-0.4, -0.2) is 22.7 Å². The molecule has 1 aromatic carbocycles. The van der Waals surface area contributed by atoms with Crippen LogP contribution in [0.1, 0.15) is 23.0 Å². The van der Waals surface area contributed by atoms with Crippen LogP contribution in [0.4, 0.5) is 4.39 Å². The number of hydrogen-bond acceptors (Lipinski definition) is 3. The van der Waals surface area contributed by atoms with E-state index in [-0.39, 0.29) is 10.8 Å². The number of aryl methyl sites for hydroxylation is 1. The van der Waals surface area contributed by atoms with Gasteiger partial charge in [-0.15, -0.1) is 0 Å². The Balaban J connectivity index is 2.49. The smallest absolute Gasteiger partial charge is 0.214 e. The predicted octanol–water partition coefficient (Wildman–Crippen LogP) is 2.94. The second-order valence-corrected chi connectivity index (χ2v) is 4.24. The third kappa shape index (κ3) is 2.46. The second-order valence-electron chi connectivity index (χ2n) is 3.84. The lowest BCUT2D eigenvalue weighted by atomic mass is 10.1. The van der Waals surface area contributed by atoms with Crippen LogP contribution in [0.3, 0.4) is 0 Å². The number of carbonyl (C=O) groups excluding carboxylic acids is 1. The Morgan fingerprint density at radius 3 is 2.84 bits per heavy atom. The van der Waals surface area contributed by atoms with Gasteiger partial charge in [0.1, 0.15) is 5.82 Å². The number of halogens is 2. The van der Waals surface area contributed by atoms with Gasteiger partial charge in [0.25, 0.3) is 0 Å². The van der Waals surface area contributed by atoms with E-state index in [0.717, 1.165) is 6.07 Å². The Bertz CT molecular complexity index is 604. The van der Waals surface area contributed by atoms with Gasteiger partial charge in [0.05, 0.1) is 18.3 Å². The molecular formula is C13H12ClFN2O2. The number of ketones is 1. The average molecular weight is 283 g/mol. The van der Waals surface area contributed by atoms with Crippen LogP contribution in [-0.2, 0) is 6.54 Å². The molecule has 0 aliphatic carbocycles. The molecule has 2 aromatic rings. The minimum absolute atomic E-state index is 0.0904. The van der Waals surface area contributed by atoms with E-state index in [1.165, 1.54) is 30.1 Å². The van der Waals surface area contributed by atoms with E-state index in [1.54, 1.807) is 0 Å². The SMILES string of the molecule is CCn1ncc(OC)c1C(=O)c1ccc(F)c(Cl)c1. The summed E-state index contributed by atoms with van der Waals surface area (Å²) < 4.78 is 19.7. The third-order valence-corrected chi connectivity index (χ3v) is 3.01. The van der Waals surface area contributed by atoms with Gasteiger partial charge in [0, 0.05) is 12.1 Å². The zero-order valence-corrected chi connectivity index (χ0v) is 11.2. The molecule has 0 spiro atoms. The van der Waals surface area contributed by atoms with Crippen LogP contribution < -0.4 is 4.74 Å². The number of rotatable bonds is 4. The molecule has 0 N–H and O–H groups in total.